The zero-order valence-electron chi connectivity index (χ0n) is 15.3. The molecule has 0 spiro atoms. The maximum atomic E-state index is 5.52. The lowest BCUT2D eigenvalue weighted by Gasteiger charge is -2.27. The fourth-order valence-corrected chi connectivity index (χ4v) is 3.50. The Morgan fingerprint density at radius 2 is 1.89 bits per heavy atom. The van der Waals surface area contributed by atoms with Gasteiger partial charge in [-0.2, -0.15) is 0 Å². The lowest BCUT2D eigenvalue weighted by molar-refractivity contribution is 0.235. The number of hydrogen-bond donors (Lipinski definition) is 0. The maximum Gasteiger partial charge on any atom is 0.167 e. The van der Waals surface area contributed by atoms with Gasteiger partial charge in [0.05, 0.1) is 11.4 Å². The van der Waals surface area contributed by atoms with Crippen molar-refractivity contribution in [2.24, 2.45) is 0 Å². The molecule has 0 fully saturated rings. The molecule has 0 radical (unpaired) electrons. The second kappa shape index (κ2) is 7.32. The molecule has 0 saturated heterocycles. The van der Waals surface area contributed by atoms with Crippen LogP contribution in [0.15, 0.2) is 71.6 Å². The average Bonchev–Trinajstić information content (AvgIpc) is 3.23. The Labute approximate surface area is 162 Å². The zero-order valence-corrected chi connectivity index (χ0v) is 15.3. The van der Waals surface area contributed by atoms with E-state index in [0.29, 0.717) is 0 Å². The molecule has 0 bridgehead atoms. The van der Waals surface area contributed by atoms with Crippen molar-refractivity contribution < 1.29 is 4.52 Å². The number of aromatic nitrogens is 4. The van der Waals surface area contributed by atoms with E-state index in [1.807, 2.05) is 54.7 Å². The van der Waals surface area contributed by atoms with Gasteiger partial charge in [-0.05, 0) is 12.1 Å². The third-order valence-electron chi connectivity index (χ3n) is 4.94. The molecule has 0 saturated carbocycles. The summed E-state index contributed by atoms with van der Waals surface area (Å²) in [5.74, 6) is 1.54. The predicted molar refractivity (Wildman–Crippen MR) is 105 cm³/mol. The van der Waals surface area contributed by atoms with Gasteiger partial charge in [0.25, 0.3) is 0 Å². The van der Waals surface area contributed by atoms with Gasteiger partial charge < -0.3 is 4.52 Å². The van der Waals surface area contributed by atoms with Crippen molar-refractivity contribution in [3.05, 3.63) is 84.1 Å². The molecule has 5 rings (SSSR count). The van der Waals surface area contributed by atoms with Crippen molar-refractivity contribution >= 4 is 0 Å². The molecule has 28 heavy (non-hydrogen) atoms. The molecule has 0 amide bonds. The van der Waals surface area contributed by atoms with E-state index >= 15 is 0 Å². The van der Waals surface area contributed by atoms with Crippen molar-refractivity contribution in [3.63, 3.8) is 0 Å². The highest BCUT2D eigenvalue weighted by Gasteiger charge is 2.20. The minimum atomic E-state index is 0.740. The lowest BCUT2D eigenvalue weighted by atomic mass is 10.1. The summed E-state index contributed by atoms with van der Waals surface area (Å²) in [4.78, 5) is 15.8. The maximum absolute atomic E-state index is 5.52. The van der Waals surface area contributed by atoms with Gasteiger partial charge in [-0.1, -0.05) is 35.5 Å². The Balaban J connectivity index is 1.30. The summed E-state index contributed by atoms with van der Waals surface area (Å²) < 4.78 is 5.52. The molecule has 1 aliphatic rings. The quantitative estimate of drug-likeness (QED) is 0.546. The van der Waals surface area contributed by atoms with Gasteiger partial charge in [0.2, 0.25) is 0 Å². The van der Waals surface area contributed by atoms with E-state index in [2.05, 4.69) is 20.0 Å². The highest BCUT2D eigenvalue weighted by atomic mass is 16.5. The van der Waals surface area contributed by atoms with E-state index in [4.69, 9.17) is 9.51 Å². The Bertz CT molecular complexity index is 1080. The zero-order chi connectivity index (χ0) is 18.8. The first-order valence-electron chi connectivity index (χ1n) is 9.34. The van der Waals surface area contributed by atoms with Crippen LogP contribution in [0.25, 0.3) is 22.7 Å². The average molecular weight is 369 g/mol. The van der Waals surface area contributed by atoms with Crippen LogP contribution < -0.4 is 0 Å². The van der Waals surface area contributed by atoms with Crippen LogP contribution in [-0.2, 0) is 19.5 Å². The van der Waals surface area contributed by atoms with Gasteiger partial charge in [0.15, 0.2) is 11.6 Å². The fraction of sp³-hybridized carbons (Fsp3) is 0.182. The summed E-state index contributed by atoms with van der Waals surface area (Å²) in [5.41, 5.74) is 5.22. The van der Waals surface area contributed by atoms with E-state index in [0.717, 1.165) is 60.2 Å². The summed E-state index contributed by atoms with van der Waals surface area (Å²) in [6.07, 6.45) is 6.39. The molecule has 0 N–H and O–H groups in total. The smallest absolute Gasteiger partial charge is 0.167 e. The molecule has 3 aromatic heterocycles. The first-order chi connectivity index (χ1) is 13.8. The topological polar surface area (TPSA) is 67.9 Å². The number of fused-ring (bicyclic) bond motifs is 1. The molecule has 4 heterocycles. The molecular formula is C22H19N5O. The van der Waals surface area contributed by atoms with Gasteiger partial charge in [0, 0.05) is 67.4 Å². The Morgan fingerprint density at radius 1 is 1.00 bits per heavy atom. The normalized spacial score (nSPS) is 14.0. The van der Waals surface area contributed by atoms with Crippen LogP contribution in [0.2, 0.25) is 0 Å². The second-order valence-corrected chi connectivity index (χ2v) is 6.92. The summed E-state index contributed by atoms with van der Waals surface area (Å²) in [6, 6.07) is 16.0. The van der Waals surface area contributed by atoms with Crippen LogP contribution in [-0.4, -0.2) is 31.6 Å². The summed E-state index contributed by atoms with van der Waals surface area (Å²) in [5, 5.41) is 4.24. The van der Waals surface area contributed by atoms with Gasteiger partial charge in [-0.25, -0.2) is 9.97 Å². The summed E-state index contributed by atoms with van der Waals surface area (Å²) >= 11 is 0. The SMILES string of the molecule is c1ccc(-c2cc(CN3CCc4nc(-c5cccnc5)ncc4C3)no2)cc1. The van der Waals surface area contributed by atoms with Crippen molar-refractivity contribution in [1.29, 1.82) is 0 Å². The minimum absolute atomic E-state index is 0.740. The first kappa shape index (κ1) is 16.8. The van der Waals surface area contributed by atoms with Crippen molar-refractivity contribution in [2.75, 3.05) is 6.54 Å². The summed E-state index contributed by atoms with van der Waals surface area (Å²) in [7, 11) is 0. The number of pyridine rings is 1. The second-order valence-electron chi connectivity index (χ2n) is 6.92. The highest BCUT2D eigenvalue weighted by molar-refractivity contribution is 5.57. The highest BCUT2D eigenvalue weighted by Crippen LogP contribution is 2.24. The number of benzene rings is 1. The standard InChI is InChI=1S/C22H19N5O/c1-2-5-16(6-3-1)21-11-19(26-28-21)15-27-10-8-20-18(14-27)13-24-22(25-20)17-7-4-9-23-12-17/h1-7,9,11-13H,8,10,14-15H2. The number of rotatable bonds is 4. The molecule has 4 aromatic rings. The molecule has 0 unspecified atom stereocenters. The fourth-order valence-electron chi connectivity index (χ4n) is 3.50. The first-order valence-corrected chi connectivity index (χ1v) is 9.34. The van der Waals surface area contributed by atoms with Crippen molar-refractivity contribution in [3.8, 4) is 22.7 Å². The molecule has 0 aliphatic carbocycles. The molecule has 1 aliphatic heterocycles. The minimum Gasteiger partial charge on any atom is -0.356 e. The Kier molecular flexibility index (Phi) is 4.39. The van der Waals surface area contributed by atoms with Crippen molar-refractivity contribution in [2.45, 2.75) is 19.5 Å². The van der Waals surface area contributed by atoms with Crippen LogP contribution in [0, 0.1) is 0 Å². The van der Waals surface area contributed by atoms with Gasteiger partial charge in [-0.3, -0.25) is 9.88 Å². The molecule has 138 valence electrons. The predicted octanol–water partition coefficient (Wildman–Crippen LogP) is 3.75. The molecule has 1 aromatic carbocycles. The number of hydrogen-bond acceptors (Lipinski definition) is 6. The van der Waals surface area contributed by atoms with Crippen LogP contribution in [0.1, 0.15) is 17.0 Å². The third-order valence-corrected chi connectivity index (χ3v) is 4.94. The van der Waals surface area contributed by atoms with Gasteiger partial charge in [-0.15, -0.1) is 0 Å². The van der Waals surface area contributed by atoms with Crippen LogP contribution in [0.4, 0.5) is 0 Å². The van der Waals surface area contributed by atoms with Crippen molar-refractivity contribution in [1.82, 2.24) is 25.0 Å². The van der Waals surface area contributed by atoms with E-state index in [-0.39, 0.29) is 0 Å². The van der Waals surface area contributed by atoms with Gasteiger partial charge >= 0.3 is 0 Å². The van der Waals surface area contributed by atoms with E-state index in [9.17, 15) is 0 Å². The molecular weight excluding hydrogens is 350 g/mol. The van der Waals surface area contributed by atoms with E-state index in [1.165, 1.54) is 5.56 Å². The van der Waals surface area contributed by atoms with Crippen LogP contribution in [0.5, 0.6) is 0 Å². The van der Waals surface area contributed by atoms with Crippen LogP contribution >= 0.6 is 0 Å². The van der Waals surface area contributed by atoms with Gasteiger partial charge in [0.1, 0.15) is 0 Å². The number of nitrogens with zero attached hydrogens (tertiary/aromatic N) is 5. The monoisotopic (exact) mass is 369 g/mol. The van der Waals surface area contributed by atoms with E-state index < -0.39 is 0 Å². The molecule has 6 heteroatoms. The summed E-state index contributed by atoms with van der Waals surface area (Å²) in [6.45, 7) is 2.50. The Hall–Kier alpha value is -3.38. The van der Waals surface area contributed by atoms with Crippen LogP contribution in [0.3, 0.4) is 0 Å². The largest absolute Gasteiger partial charge is 0.356 e. The van der Waals surface area contributed by atoms with E-state index in [1.54, 1.807) is 12.4 Å². The lowest BCUT2D eigenvalue weighted by Crippen LogP contribution is -2.31. The molecule has 6 nitrogen and oxygen atoms in total. The Morgan fingerprint density at radius 3 is 2.75 bits per heavy atom. The molecule has 0 atom stereocenters. The third kappa shape index (κ3) is 3.42.